The smallest absolute Gasteiger partial charge is 0.321 e. The largest absolute Gasteiger partial charge is 0.362 e. The van der Waals surface area contributed by atoms with Crippen molar-refractivity contribution in [1.29, 1.82) is 0 Å². The van der Waals surface area contributed by atoms with E-state index in [9.17, 15) is 9.59 Å². The van der Waals surface area contributed by atoms with Crippen molar-refractivity contribution >= 4 is 17.6 Å². The van der Waals surface area contributed by atoms with Gasteiger partial charge in [-0.1, -0.05) is 24.6 Å². The maximum atomic E-state index is 12.6. The van der Waals surface area contributed by atoms with Crippen molar-refractivity contribution in [2.24, 2.45) is 11.8 Å². The maximum Gasteiger partial charge on any atom is 0.321 e. The third-order valence-electron chi connectivity index (χ3n) is 6.55. The van der Waals surface area contributed by atoms with E-state index >= 15 is 0 Å². The minimum Gasteiger partial charge on any atom is -0.362 e. The van der Waals surface area contributed by atoms with Gasteiger partial charge in [-0.15, -0.1) is 0 Å². The molecule has 3 fully saturated rings. The number of hydrogen-bond donors (Lipinski definition) is 2. The number of nitrogens with one attached hydrogen (secondary N) is 2. The number of piperidine rings is 1. The molecule has 0 aromatic heterocycles. The van der Waals surface area contributed by atoms with Crippen LogP contribution < -0.4 is 10.6 Å². The van der Waals surface area contributed by atoms with E-state index in [1.807, 2.05) is 36.1 Å². The third kappa shape index (κ3) is 4.17. The van der Waals surface area contributed by atoms with Gasteiger partial charge in [0.2, 0.25) is 5.91 Å². The van der Waals surface area contributed by atoms with Crippen LogP contribution in [0, 0.1) is 18.8 Å². The molecule has 2 saturated heterocycles. The summed E-state index contributed by atoms with van der Waals surface area (Å²) >= 11 is 0. The predicted octanol–water partition coefficient (Wildman–Crippen LogP) is 3.31. The number of carbonyl (C=O) groups excluding carboxylic acids is 2. The van der Waals surface area contributed by atoms with Crippen LogP contribution in [0.5, 0.6) is 0 Å². The quantitative estimate of drug-likeness (QED) is 0.835. The molecule has 3 atom stereocenters. The topological polar surface area (TPSA) is 70.7 Å². The standard InChI is InChI=1S/C22H31N3O3/c1-15-3-7-18(8-4-15)24-21(27)25-12-11-22(16(2)14-25)10-9-19(28-22)20(26)23-13-17-5-6-17/h3-4,7-8,16-17,19H,5-6,9-14H2,1-2H3,(H,23,26)(H,24,27). The van der Waals surface area contributed by atoms with Crippen molar-refractivity contribution in [1.82, 2.24) is 10.2 Å². The van der Waals surface area contributed by atoms with Crippen molar-refractivity contribution < 1.29 is 14.3 Å². The first kappa shape index (κ1) is 19.2. The van der Waals surface area contributed by atoms with Gasteiger partial charge in [-0.2, -0.15) is 0 Å². The molecular formula is C22H31N3O3. The van der Waals surface area contributed by atoms with Crippen LogP contribution in [-0.4, -0.2) is 48.2 Å². The number of urea groups is 1. The van der Waals surface area contributed by atoms with E-state index < -0.39 is 0 Å². The average molecular weight is 386 g/mol. The van der Waals surface area contributed by atoms with E-state index in [0.29, 0.717) is 19.0 Å². The van der Waals surface area contributed by atoms with Gasteiger partial charge in [0.25, 0.3) is 0 Å². The van der Waals surface area contributed by atoms with Crippen molar-refractivity contribution in [3.05, 3.63) is 29.8 Å². The van der Waals surface area contributed by atoms with Crippen molar-refractivity contribution in [3.63, 3.8) is 0 Å². The third-order valence-corrected chi connectivity index (χ3v) is 6.55. The van der Waals surface area contributed by atoms with Crippen LogP contribution in [-0.2, 0) is 9.53 Å². The normalized spacial score (nSPS) is 29.7. The number of nitrogens with zero attached hydrogens (tertiary/aromatic N) is 1. The van der Waals surface area contributed by atoms with Gasteiger partial charge in [0.05, 0.1) is 5.60 Å². The Balaban J connectivity index is 1.30. The highest BCUT2D eigenvalue weighted by Gasteiger charge is 2.49. The number of carbonyl (C=O) groups is 2. The number of amides is 3. The first-order valence-corrected chi connectivity index (χ1v) is 10.5. The number of rotatable bonds is 4. The van der Waals surface area contributed by atoms with Gasteiger partial charge in [0.15, 0.2) is 0 Å². The van der Waals surface area contributed by atoms with Crippen molar-refractivity contribution in [3.8, 4) is 0 Å². The Labute approximate surface area is 167 Å². The number of anilines is 1. The lowest BCUT2D eigenvalue weighted by Crippen LogP contribution is -2.54. The lowest BCUT2D eigenvalue weighted by atomic mass is 9.80. The van der Waals surface area contributed by atoms with Crippen LogP contribution in [0.3, 0.4) is 0 Å². The Kier molecular flexibility index (Phi) is 5.32. The molecular weight excluding hydrogens is 354 g/mol. The zero-order chi connectivity index (χ0) is 19.7. The molecule has 4 rings (SSSR count). The molecule has 152 valence electrons. The fraction of sp³-hybridized carbons (Fsp3) is 0.636. The number of aryl methyl sites for hydroxylation is 1. The second kappa shape index (κ2) is 7.74. The van der Waals surface area contributed by atoms with Crippen LogP contribution in [0.15, 0.2) is 24.3 Å². The summed E-state index contributed by atoms with van der Waals surface area (Å²) in [7, 11) is 0. The van der Waals surface area contributed by atoms with E-state index in [1.54, 1.807) is 0 Å². The molecule has 3 aliphatic rings. The van der Waals surface area contributed by atoms with Crippen molar-refractivity contribution in [2.45, 2.75) is 57.7 Å². The van der Waals surface area contributed by atoms with Gasteiger partial charge in [0, 0.05) is 31.2 Å². The van der Waals surface area contributed by atoms with Gasteiger partial charge < -0.3 is 20.3 Å². The fourth-order valence-corrected chi connectivity index (χ4v) is 4.37. The molecule has 28 heavy (non-hydrogen) atoms. The lowest BCUT2D eigenvalue weighted by molar-refractivity contribution is -0.146. The van der Waals surface area contributed by atoms with E-state index in [1.165, 1.54) is 18.4 Å². The van der Waals surface area contributed by atoms with Gasteiger partial charge >= 0.3 is 6.03 Å². The first-order valence-electron chi connectivity index (χ1n) is 10.5. The molecule has 6 nitrogen and oxygen atoms in total. The second-order valence-corrected chi connectivity index (χ2v) is 8.79. The molecule has 0 bridgehead atoms. The van der Waals surface area contributed by atoms with Gasteiger partial charge in [-0.05, 0) is 57.1 Å². The zero-order valence-corrected chi connectivity index (χ0v) is 16.9. The molecule has 2 aliphatic heterocycles. The Morgan fingerprint density at radius 3 is 2.61 bits per heavy atom. The van der Waals surface area contributed by atoms with Crippen LogP contribution in [0.2, 0.25) is 0 Å². The monoisotopic (exact) mass is 385 g/mol. The molecule has 3 unspecified atom stereocenters. The summed E-state index contributed by atoms with van der Waals surface area (Å²) in [6, 6.07) is 7.76. The van der Waals surface area contributed by atoms with Crippen molar-refractivity contribution in [2.75, 3.05) is 25.0 Å². The number of benzene rings is 1. The van der Waals surface area contributed by atoms with Gasteiger partial charge in [0.1, 0.15) is 6.10 Å². The maximum absolute atomic E-state index is 12.6. The summed E-state index contributed by atoms with van der Waals surface area (Å²) in [4.78, 5) is 26.9. The molecule has 1 saturated carbocycles. The van der Waals surface area contributed by atoms with Gasteiger partial charge in [-0.3, -0.25) is 4.79 Å². The first-order chi connectivity index (χ1) is 13.4. The Bertz CT molecular complexity index is 731. The molecule has 1 aromatic carbocycles. The number of ether oxygens (including phenoxy) is 1. The highest BCUT2D eigenvalue weighted by molar-refractivity contribution is 5.89. The second-order valence-electron chi connectivity index (χ2n) is 8.79. The van der Waals surface area contributed by atoms with Crippen LogP contribution in [0.1, 0.15) is 44.6 Å². The van der Waals surface area contributed by atoms with Crippen LogP contribution in [0.4, 0.5) is 10.5 Å². The highest BCUT2D eigenvalue weighted by atomic mass is 16.5. The van der Waals surface area contributed by atoms with Crippen LogP contribution in [0.25, 0.3) is 0 Å². The molecule has 1 aliphatic carbocycles. The summed E-state index contributed by atoms with van der Waals surface area (Å²) in [5, 5.41) is 6.02. The van der Waals surface area contributed by atoms with E-state index in [4.69, 9.17) is 4.74 Å². The molecule has 6 heteroatoms. The molecule has 2 heterocycles. The Morgan fingerprint density at radius 2 is 1.93 bits per heavy atom. The Hall–Kier alpha value is -2.08. The van der Waals surface area contributed by atoms with Crippen LogP contribution >= 0.6 is 0 Å². The number of hydrogen-bond acceptors (Lipinski definition) is 3. The van der Waals surface area contributed by atoms with E-state index in [0.717, 1.165) is 31.5 Å². The molecule has 0 radical (unpaired) electrons. The minimum atomic E-state index is -0.339. The van der Waals surface area contributed by atoms with E-state index in [-0.39, 0.29) is 29.6 Å². The summed E-state index contributed by atoms with van der Waals surface area (Å²) in [6.45, 7) is 6.25. The summed E-state index contributed by atoms with van der Waals surface area (Å²) in [6.07, 6.45) is 4.57. The summed E-state index contributed by atoms with van der Waals surface area (Å²) < 4.78 is 6.31. The predicted molar refractivity (Wildman–Crippen MR) is 108 cm³/mol. The molecule has 2 N–H and O–H groups in total. The minimum absolute atomic E-state index is 0.0375. The molecule has 1 spiro atoms. The molecule has 3 amide bonds. The van der Waals surface area contributed by atoms with Gasteiger partial charge in [-0.25, -0.2) is 4.79 Å². The highest BCUT2D eigenvalue weighted by Crippen LogP contribution is 2.42. The zero-order valence-electron chi connectivity index (χ0n) is 16.9. The molecule has 1 aromatic rings. The summed E-state index contributed by atoms with van der Waals surface area (Å²) in [5.74, 6) is 0.912. The Morgan fingerprint density at radius 1 is 1.18 bits per heavy atom. The van der Waals surface area contributed by atoms with E-state index in [2.05, 4.69) is 17.6 Å². The average Bonchev–Trinajstić information content (AvgIpc) is 3.42. The fourth-order valence-electron chi connectivity index (χ4n) is 4.37. The summed E-state index contributed by atoms with van der Waals surface area (Å²) in [5.41, 5.74) is 1.70. The lowest BCUT2D eigenvalue weighted by Gasteiger charge is -2.44. The number of likely N-dealkylation sites (tertiary alicyclic amines) is 1. The SMILES string of the molecule is Cc1ccc(NC(=O)N2CCC3(CCC(C(=O)NCC4CC4)O3)C(C)C2)cc1.